The summed E-state index contributed by atoms with van der Waals surface area (Å²) >= 11 is 0. The number of aliphatic carboxylic acids is 1. The number of carbonyl (C=O) groups is 2. The molecule has 0 aliphatic carbocycles. The average Bonchev–Trinajstić information content (AvgIpc) is 3.34. The van der Waals surface area contributed by atoms with Gasteiger partial charge in [-0.15, -0.1) is 0 Å². The summed E-state index contributed by atoms with van der Waals surface area (Å²) < 4.78 is 102. The molecule has 3 N–H and O–H groups in total. The van der Waals surface area contributed by atoms with Gasteiger partial charge in [0, 0.05) is 57.3 Å². The summed E-state index contributed by atoms with van der Waals surface area (Å²) in [5, 5.41) is 32.3. The van der Waals surface area contributed by atoms with Crippen LogP contribution in [-0.4, -0.2) is 191 Å². The Balaban J connectivity index is 0.663. The number of aliphatic hydroxyl groups is 2. The van der Waals surface area contributed by atoms with Crippen LogP contribution < -0.4 is 0 Å². The SMILES string of the molecule is C=C1C[C@@H]2CC[C@@]34C[C@]5(O)O[C@H]6[C@@H](O3)[C@H]3O[C@H](CC[C@@H]3O[C@H]6C5O4)CC(=O)O[C@@H]3[C@@H](C)[C@@H]4O[C@@H]5C[C@@]6(C[C@@H]7O[C@]8(C[C@H](C)[C@@H]9O[C@H](CC(=O)O)[C@H](O)C[C@@H]9O8)C[C@H](C)[C@@H]7O6)O[C@@H]5C[C@@H]4O[C@H]3C[C@H]3O[C@@H](CC[C@@H]1O2)C[C@@H](C)C3=C. The van der Waals surface area contributed by atoms with Crippen LogP contribution in [0, 0.1) is 23.7 Å². The van der Waals surface area contributed by atoms with Crippen molar-refractivity contribution in [2.75, 3.05) is 0 Å². The standard InChI is InChI=1S/C59H82O20/c1-25-13-31-7-9-35-26(2)14-33(65-35)11-12-56-24-59(64)55(79-56)54-53(78-59)52(77-56)51-36(69-54)10-8-32(67-51)15-46(63)72-50-30(6)49-41(68-40(50)17-37(66-31)29(25)5)18-39-43(71-49)22-58(73-39)23-44-48(76-58)28(4)21-57(75-44)20-27(3)47-42(74-57)16-34(60)38(70-47)19-45(61)62/h25,27-28,30-44,47-55,60,64H,2,5,7-24H2,1,3-4,6H3,(H,61,62)/t25-,27+,28+,30+,31+,32-,33+,34-,35+,36+,37-,38-,39-,40+,41+,42+,43-,44+,47+,48+,49+,50-,51+,52+,53+,54-,55?,56-,57-,58-,59+/m1/s1. The zero-order valence-electron chi connectivity index (χ0n) is 46.0. The summed E-state index contributed by atoms with van der Waals surface area (Å²) in [6.45, 7) is 17.6. The zero-order valence-corrected chi connectivity index (χ0v) is 46.0. The summed E-state index contributed by atoms with van der Waals surface area (Å²) in [5.41, 5.74) is 2.07. The maximum Gasteiger partial charge on any atom is 0.308 e. The summed E-state index contributed by atoms with van der Waals surface area (Å²) in [4.78, 5) is 26.1. The number of fused-ring (bicyclic) bond motifs is 10. The van der Waals surface area contributed by atoms with Gasteiger partial charge < -0.3 is 86.4 Å². The van der Waals surface area contributed by atoms with Gasteiger partial charge in [0.25, 0.3) is 0 Å². The lowest BCUT2D eigenvalue weighted by Gasteiger charge is -2.54. The Bertz CT molecular complexity index is 2430. The molecule has 0 saturated carbocycles. The molecule has 16 rings (SSSR count). The predicted octanol–water partition coefficient (Wildman–Crippen LogP) is 4.98. The molecular formula is C59H82O20. The Labute approximate surface area is 461 Å². The third-order valence-electron chi connectivity index (χ3n) is 21.7. The van der Waals surface area contributed by atoms with Gasteiger partial charge >= 0.3 is 11.9 Å². The monoisotopic (exact) mass is 1110 g/mol. The smallest absolute Gasteiger partial charge is 0.308 e. The van der Waals surface area contributed by atoms with E-state index in [1.54, 1.807) is 0 Å². The second-order valence-electron chi connectivity index (χ2n) is 27.3. The van der Waals surface area contributed by atoms with Crippen molar-refractivity contribution >= 4 is 11.9 Å². The van der Waals surface area contributed by atoms with Gasteiger partial charge in [-0.3, -0.25) is 9.59 Å². The van der Waals surface area contributed by atoms with Gasteiger partial charge in [0.1, 0.15) is 36.6 Å². The van der Waals surface area contributed by atoms with Crippen LogP contribution in [0.15, 0.2) is 24.3 Å². The molecular weight excluding hydrogens is 1030 g/mol. The molecule has 0 aromatic carbocycles. The fourth-order valence-corrected chi connectivity index (χ4v) is 18.0. The fraction of sp³-hybridized carbons (Fsp3) is 0.898. The number of hydrogen-bond acceptors (Lipinski definition) is 19. The van der Waals surface area contributed by atoms with Crippen molar-refractivity contribution in [3.63, 3.8) is 0 Å². The van der Waals surface area contributed by atoms with Gasteiger partial charge in [-0.2, -0.15) is 0 Å². The number of rotatable bonds is 2. The molecule has 79 heavy (non-hydrogen) atoms. The first-order valence-electron chi connectivity index (χ1n) is 30.3. The summed E-state index contributed by atoms with van der Waals surface area (Å²) in [6, 6.07) is 0. The third-order valence-corrected chi connectivity index (χ3v) is 21.7. The Morgan fingerprint density at radius 2 is 1.25 bits per heavy atom. The van der Waals surface area contributed by atoms with E-state index in [9.17, 15) is 24.9 Å². The first-order valence-corrected chi connectivity index (χ1v) is 30.3. The van der Waals surface area contributed by atoms with Crippen molar-refractivity contribution in [1.29, 1.82) is 0 Å². The number of esters is 1. The minimum atomic E-state index is -1.55. The number of carboxylic acids is 1. The van der Waals surface area contributed by atoms with Crippen LogP contribution >= 0.6 is 0 Å². The van der Waals surface area contributed by atoms with Crippen LogP contribution in [0.2, 0.25) is 0 Å². The van der Waals surface area contributed by atoms with Gasteiger partial charge in [-0.25, -0.2) is 0 Å². The lowest BCUT2D eigenvalue weighted by atomic mass is 9.78. The molecule has 16 aliphatic heterocycles. The quantitative estimate of drug-likeness (QED) is 0.245. The maximum atomic E-state index is 14.6. The minimum absolute atomic E-state index is 0.00147. The van der Waals surface area contributed by atoms with Crippen molar-refractivity contribution in [3.05, 3.63) is 24.3 Å². The highest BCUT2D eigenvalue weighted by Crippen LogP contribution is 2.59. The maximum absolute atomic E-state index is 14.6. The second kappa shape index (κ2) is 19.4. The molecule has 3 spiro atoms. The largest absolute Gasteiger partial charge is 0.481 e. The first-order chi connectivity index (χ1) is 37.8. The second-order valence-corrected chi connectivity index (χ2v) is 27.3. The van der Waals surface area contributed by atoms with E-state index in [-0.39, 0.29) is 116 Å². The Morgan fingerprint density at radius 1 is 0.557 bits per heavy atom. The van der Waals surface area contributed by atoms with E-state index in [0.717, 1.165) is 36.8 Å². The predicted molar refractivity (Wildman–Crippen MR) is 269 cm³/mol. The molecule has 1 unspecified atom stereocenters. The van der Waals surface area contributed by atoms with Crippen LogP contribution in [0.3, 0.4) is 0 Å². The molecule has 0 aromatic rings. The van der Waals surface area contributed by atoms with E-state index in [4.69, 9.17) is 71.1 Å². The van der Waals surface area contributed by atoms with E-state index < -0.39 is 108 Å². The van der Waals surface area contributed by atoms with Gasteiger partial charge in [0.05, 0.1) is 123 Å². The molecule has 438 valence electrons. The van der Waals surface area contributed by atoms with Gasteiger partial charge in [0.2, 0.25) is 5.79 Å². The average molecular weight is 1110 g/mol. The Hall–Kier alpha value is -2.22. The highest BCUT2D eigenvalue weighted by molar-refractivity contribution is 5.70. The van der Waals surface area contributed by atoms with Gasteiger partial charge in [-0.1, -0.05) is 40.9 Å². The number of aliphatic hydroxyl groups excluding tert-OH is 1. The number of carboxylic acid groups (broad SMARTS) is 1. The van der Waals surface area contributed by atoms with Crippen LogP contribution in [0.25, 0.3) is 0 Å². The minimum Gasteiger partial charge on any atom is -0.481 e. The van der Waals surface area contributed by atoms with Crippen molar-refractivity contribution < 1.29 is 96.0 Å². The highest BCUT2D eigenvalue weighted by atomic mass is 16.8. The lowest BCUT2D eigenvalue weighted by Crippen LogP contribution is -2.62. The van der Waals surface area contributed by atoms with Crippen LogP contribution in [0.4, 0.5) is 0 Å². The molecule has 16 aliphatic rings. The van der Waals surface area contributed by atoms with Crippen molar-refractivity contribution in [2.45, 2.75) is 307 Å². The van der Waals surface area contributed by atoms with E-state index in [2.05, 4.69) is 40.9 Å². The van der Waals surface area contributed by atoms with Crippen LogP contribution in [0.5, 0.6) is 0 Å². The van der Waals surface area contributed by atoms with Crippen molar-refractivity contribution in [3.8, 4) is 0 Å². The summed E-state index contributed by atoms with van der Waals surface area (Å²) in [7, 11) is 0. The number of hydrogen-bond donors (Lipinski definition) is 3. The fourth-order valence-electron chi connectivity index (χ4n) is 18.0. The van der Waals surface area contributed by atoms with Crippen LogP contribution in [0.1, 0.15) is 143 Å². The molecule has 12 bridgehead atoms. The highest BCUT2D eigenvalue weighted by Gasteiger charge is 2.75. The van der Waals surface area contributed by atoms with E-state index in [1.807, 2.05) is 0 Å². The molecule has 20 nitrogen and oxygen atoms in total. The number of carbonyl (C=O) groups excluding carboxylic acids is 1. The van der Waals surface area contributed by atoms with E-state index in [1.165, 1.54) is 0 Å². The molecule has 20 heteroatoms. The molecule has 0 aromatic heterocycles. The summed E-state index contributed by atoms with van der Waals surface area (Å²) in [5.74, 6) is -5.97. The molecule has 31 atom stereocenters. The Morgan fingerprint density at radius 3 is 2.09 bits per heavy atom. The summed E-state index contributed by atoms with van der Waals surface area (Å²) in [6.07, 6.45) is -1.35. The molecule has 16 fully saturated rings. The van der Waals surface area contributed by atoms with E-state index >= 15 is 0 Å². The Kier molecular flexibility index (Phi) is 13.1. The lowest BCUT2D eigenvalue weighted by molar-refractivity contribution is -0.371. The molecule has 16 heterocycles. The van der Waals surface area contributed by atoms with Crippen LogP contribution in [-0.2, 0) is 80.6 Å². The third kappa shape index (κ3) is 9.11. The molecule has 0 radical (unpaired) electrons. The van der Waals surface area contributed by atoms with Gasteiger partial charge in [0.15, 0.2) is 17.4 Å². The topological polar surface area (TPSA) is 233 Å². The van der Waals surface area contributed by atoms with Crippen molar-refractivity contribution in [2.24, 2.45) is 23.7 Å². The molecule has 16 saturated heterocycles. The number of ether oxygens (including phenoxy) is 15. The first kappa shape index (κ1) is 53.5. The van der Waals surface area contributed by atoms with Crippen molar-refractivity contribution in [1.82, 2.24) is 0 Å². The van der Waals surface area contributed by atoms with E-state index in [0.29, 0.717) is 64.2 Å². The molecule has 0 amide bonds. The zero-order chi connectivity index (χ0) is 54.2. The normalized spacial score (nSPS) is 58.4. The van der Waals surface area contributed by atoms with Gasteiger partial charge in [-0.05, 0) is 73.8 Å².